The number of aliphatic hydroxyl groups is 1. The summed E-state index contributed by atoms with van der Waals surface area (Å²) in [6.07, 6.45) is -3.00. The molecule has 1 atom stereocenters. The van der Waals surface area contributed by atoms with Crippen molar-refractivity contribution in [2.24, 2.45) is 0 Å². The minimum absolute atomic E-state index is 0.212. The highest BCUT2D eigenvalue weighted by molar-refractivity contribution is 5.06. The summed E-state index contributed by atoms with van der Waals surface area (Å²) < 4.78 is 36.6. The fraction of sp³-hybridized carbons (Fsp3) is 0.625. The van der Waals surface area contributed by atoms with E-state index in [1.807, 2.05) is 0 Å². The fourth-order valence-corrected chi connectivity index (χ4v) is 0.959. The van der Waals surface area contributed by atoms with Crippen LogP contribution in [0.5, 0.6) is 0 Å². The third kappa shape index (κ3) is 3.37. The largest absolute Gasteiger partial charge is 0.390 e. The molecule has 0 aliphatic rings. The van der Waals surface area contributed by atoms with Crippen LogP contribution in [0.15, 0.2) is 12.4 Å². The van der Waals surface area contributed by atoms with Crippen LogP contribution in [0, 0.1) is 0 Å². The Balaban J connectivity index is 2.52. The van der Waals surface area contributed by atoms with Crippen molar-refractivity contribution in [3.8, 4) is 0 Å². The van der Waals surface area contributed by atoms with Gasteiger partial charge in [-0.2, -0.15) is 18.3 Å². The lowest BCUT2D eigenvalue weighted by molar-refractivity contribution is -0.137. The van der Waals surface area contributed by atoms with Crippen molar-refractivity contribution in [1.82, 2.24) is 9.78 Å². The Morgan fingerprint density at radius 2 is 2.21 bits per heavy atom. The first kappa shape index (κ1) is 11.0. The van der Waals surface area contributed by atoms with Crippen LogP contribution < -0.4 is 0 Å². The first-order valence-electron chi connectivity index (χ1n) is 4.15. The second-order valence-corrected chi connectivity index (χ2v) is 3.08. The summed E-state index contributed by atoms with van der Waals surface area (Å²) in [5, 5.41) is 12.8. The second kappa shape index (κ2) is 4.00. The molecule has 1 rings (SSSR count). The molecule has 0 saturated heterocycles. The fourth-order valence-electron chi connectivity index (χ4n) is 0.959. The van der Waals surface area contributed by atoms with Crippen LogP contribution in [-0.2, 0) is 6.54 Å². The van der Waals surface area contributed by atoms with Gasteiger partial charge in [0.05, 0.1) is 18.7 Å². The zero-order valence-corrected chi connectivity index (χ0v) is 7.62. The van der Waals surface area contributed by atoms with Gasteiger partial charge in [-0.05, 0) is 6.92 Å². The summed E-state index contributed by atoms with van der Waals surface area (Å²) in [6, 6.07) is 0. The van der Waals surface area contributed by atoms with Crippen molar-refractivity contribution in [2.75, 3.05) is 0 Å². The van der Waals surface area contributed by atoms with Crippen LogP contribution in [0.25, 0.3) is 0 Å². The summed E-state index contributed by atoms with van der Waals surface area (Å²) in [5.41, 5.74) is 0.521. The molecule has 3 nitrogen and oxygen atoms in total. The Labute approximate surface area is 79.2 Å². The standard InChI is InChI=1S/C8H11F3N2O/c1-6(14)7-4-12-13(5-7)3-2-8(9,10)11/h4-6,14H,2-3H2,1H3. The van der Waals surface area contributed by atoms with E-state index in [0.29, 0.717) is 5.56 Å². The number of halogens is 3. The molecule has 0 fully saturated rings. The van der Waals surface area contributed by atoms with E-state index in [1.54, 1.807) is 0 Å². The Morgan fingerprint density at radius 3 is 2.64 bits per heavy atom. The summed E-state index contributed by atoms with van der Waals surface area (Å²) in [4.78, 5) is 0. The van der Waals surface area contributed by atoms with E-state index < -0.39 is 18.7 Å². The topological polar surface area (TPSA) is 38.1 Å². The third-order valence-electron chi connectivity index (χ3n) is 1.76. The molecule has 0 aliphatic carbocycles. The van der Waals surface area contributed by atoms with E-state index in [2.05, 4.69) is 5.10 Å². The van der Waals surface area contributed by atoms with Crippen LogP contribution >= 0.6 is 0 Å². The van der Waals surface area contributed by atoms with Gasteiger partial charge in [0.2, 0.25) is 0 Å². The maximum Gasteiger partial charge on any atom is 0.390 e. The predicted octanol–water partition coefficient (Wildman–Crippen LogP) is 1.89. The quantitative estimate of drug-likeness (QED) is 0.823. The number of hydrogen-bond acceptors (Lipinski definition) is 2. The van der Waals surface area contributed by atoms with Crippen molar-refractivity contribution in [2.45, 2.75) is 32.2 Å². The first-order valence-corrected chi connectivity index (χ1v) is 4.15. The van der Waals surface area contributed by atoms with Gasteiger partial charge in [0, 0.05) is 18.3 Å². The normalized spacial score (nSPS) is 14.4. The molecule has 6 heteroatoms. The number of aliphatic hydroxyl groups excluding tert-OH is 1. The van der Waals surface area contributed by atoms with E-state index in [4.69, 9.17) is 5.11 Å². The molecule has 80 valence electrons. The molecule has 0 aromatic carbocycles. The number of aryl methyl sites for hydroxylation is 1. The van der Waals surface area contributed by atoms with Gasteiger partial charge in [-0.25, -0.2) is 0 Å². The molecular weight excluding hydrogens is 197 g/mol. The van der Waals surface area contributed by atoms with Gasteiger partial charge < -0.3 is 5.11 Å². The van der Waals surface area contributed by atoms with Gasteiger partial charge in [-0.15, -0.1) is 0 Å². The summed E-state index contributed by atoms with van der Waals surface area (Å²) >= 11 is 0. The van der Waals surface area contributed by atoms with E-state index in [-0.39, 0.29) is 6.54 Å². The molecule has 1 unspecified atom stereocenters. The van der Waals surface area contributed by atoms with Gasteiger partial charge >= 0.3 is 6.18 Å². The van der Waals surface area contributed by atoms with E-state index in [9.17, 15) is 13.2 Å². The Kier molecular flexibility index (Phi) is 3.15. The minimum Gasteiger partial charge on any atom is -0.389 e. The lowest BCUT2D eigenvalue weighted by Gasteiger charge is -2.05. The molecule has 0 amide bonds. The van der Waals surface area contributed by atoms with Gasteiger partial charge in [-0.1, -0.05) is 0 Å². The molecule has 0 radical (unpaired) electrons. The number of rotatable bonds is 3. The molecule has 1 N–H and O–H groups in total. The summed E-state index contributed by atoms with van der Waals surface area (Å²) in [7, 11) is 0. The van der Waals surface area contributed by atoms with Crippen molar-refractivity contribution in [3.05, 3.63) is 18.0 Å². The maximum absolute atomic E-state index is 11.8. The van der Waals surface area contributed by atoms with E-state index in [1.165, 1.54) is 24.0 Å². The average molecular weight is 208 g/mol. The van der Waals surface area contributed by atoms with Gasteiger partial charge in [0.1, 0.15) is 0 Å². The first-order chi connectivity index (χ1) is 6.38. The molecule has 0 bridgehead atoms. The molecule has 0 spiro atoms. The molecule has 1 aromatic rings. The van der Waals surface area contributed by atoms with Crippen LogP contribution in [0.3, 0.4) is 0 Å². The van der Waals surface area contributed by atoms with Crippen LogP contribution in [0.1, 0.15) is 25.0 Å². The average Bonchev–Trinajstić information content (AvgIpc) is 2.47. The highest BCUT2D eigenvalue weighted by Crippen LogP contribution is 2.20. The van der Waals surface area contributed by atoms with Crippen LogP contribution in [-0.4, -0.2) is 21.1 Å². The highest BCUT2D eigenvalue weighted by Gasteiger charge is 2.26. The lowest BCUT2D eigenvalue weighted by atomic mass is 10.2. The number of hydrogen-bond donors (Lipinski definition) is 1. The molecular formula is C8H11F3N2O. The van der Waals surface area contributed by atoms with E-state index in [0.717, 1.165) is 0 Å². The molecule has 1 heterocycles. The summed E-state index contributed by atoms with van der Waals surface area (Å²) in [5.74, 6) is 0. The van der Waals surface area contributed by atoms with Crippen LogP contribution in [0.2, 0.25) is 0 Å². The van der Waals surface area contributed by atoms with Gasteiger partial charge in [0.15, 0.2) is 0 Å². The van der Waals surface area contributed by atoms with Crippen molar-refractivity contribution in [3.63, 3.8) is 0 Å². The lowest BCUT2D eigenvalue weighted by Crippen LogP contribution is -2.12. The molecule has 14 heavy (non-hydrogen) atoms. The van der Waals surface area contributed by atoms with Crippen molar-refractivity contribution < 1.29 is 18.3 Å². The second-order valence-electron chi connectivity index (χ2n) is 3.08. The summed E-state index contributed by atoms with van der Waals surface area (Å²) in [6.45, 7) is 1.32. The molecule has 0 aliphatic heterocycles. The van der Waals surface area contributed by atoms with Crippen molar-refractivity contribution in [1.29, 1.82) is 0 Å². The Bertz CT molecular complexity index is 293. The smallest absolute Gasteiger partial charge is 0.389 e. The number of nitrogens with zero attached hydrogens (tertiary/aromatic N) is 2. The SMILES string of the molecule is CC(O)c1cnn(CCC(F)(F)F)c1. The predicted molar refractivity (Wildman–Crippen MR) is 43.5 cm³/mol. The molecule has 0 saturated carbocycles. The van der Waals surface area contributed by atoms with Gasteiger partial charge in [-0.3, -0.25) is 4.68 Å². The zero-order valence-electron chi connectivity index (χ0n) is 7.62. The monoisotopic (exact) mass is 208 g/mol. The highest BCUT2D eigenvalue weighted by atomic mass is 19.4. The molecule has 1 aromatic heterocycles. The maximum atomic E-state index is 11.8. The number of alkyl halides is 3. The third-order valence-corrected chi connectivity index (χ3v) is 1.76. The van der Waals surface area contributed by atoms with Crippen LogP contribution in [0.4, 0.5) is 13.2 Å². The van der Waals surface area contributed by atoms with Crippen molar-refractivity contribution >= 4 is 0 Å². The Morgan fingerprint density at radius 1 is 1.57 bits per heavy atom. The number of aromatic nitrogens is 2. The Hall–Kier alpha value is -1.04. The minimum atomic E-state index is -4.17. The van der Waals surface area contributed by atoms with Gasteiger partial charge in [0.25, 0.3) is 0 Å². The zero-order chi connectivity index (χ0) is 10.8. The van der Waals surface area contributed by atoms with E-state index >= 15 is 0 Å².